The average molecular weight is 247 g/mol. The number of rotatable bonds is 10. The Morgan fingerprint density at radius 3 is 1.94 bits per heavy atom. The molecule has 0 aromatic carbocycles. The molecular formula is C12H29N3O2. The predicted molar refractivity (Wildman–Crippen MR) is 71.3 cm³/mol. The van der Waals surface area contributed by atoms with E-state index in [1.165, 1.54) is 0 Å². The van der Waals surface area contributed by atoms with Crippen LogP contribution in [0, 0.1) is 0 Å². The number of hydrogen-bond donors (Lipinski definition) is 2. The van der Waals surface area contributed by atoms with Gasteiger partial charge >= 0.3 is 0 Å². The Morgan fingerprint density at radius 1 is 0.941 bits per heavy atom. The predicted octanol–water partition coefficient (Wildman–Crippen LogP) is -0.845. The Kier molecular flexibility index (Phi) is 9.68. The van der Waals surface area contributed by atoms with Crippen molar-refractivity contribution in [3.05, 3.63) is 0 Å². The SMILES string of the molecule is CCN(CCO)CC(CN(C)CCO)N(C)C. The van der Waals surface area contributed by atoms with Crippen molar-refractivity contribution in [3.63, 3.8) is 0 Å². The zero-order chi connectivity index (χ0) is 13.3. The lowest BCUT2D eigenvalue weighted by atomic mass is 10.2. The van der Waals surface area contributed by atoms with Gasteiger partial charge in [-0.2, -0.15) is 0 Å². The highest BCUT2D eigenvalue weighted by atomic mass is 16.3. The summed E-state index contributed by atoms with van der Waals surface area (Å²) in [5, 5.41) is 17.9. The summed E-state index contributed by atoms with van der Waals surface area (Å²) < 4.78 is 0. The lowest BCUT2D eigenvalue weighted by molar-refractivity contribution is 0.124. The van der Waals surface area contributed by atoms with Gasteiger partial charge in [-0.15, -0.1) is 0 Å². The van der Waals surface area contributed by atoms with Crippen LogP contribution in [0.1, 0.15) is 6.92 Å². The minimum absolute atomic E-state index is 0.199. The largest absolute Gasteiger partial charge is 0.395 e. The molecule has 0 heterocycles. The van der Waals surface area contributed by atoms with Crippen LogP contribution in [0.25, 0.3) is 0 Å². The van der Waals surface area contributed by atoms with Crippen LogP contribution in [0.15, 0.2) is 0 Å². The van der Waals surface area contributed by atoms with Crippen LogP contribution in [0.5, 0.6) is 0 Å². The van der Waals surface area contributed by atoms with Gasteiger partial charge in [0.15, 0.2) is 0 Å². The highest BCUT2D eigenvalue weighted by Crippen LogP contribution is 2.01. The van der Waals surface area contributed by atoms with Gasteiger partial charge < -0.3 is 20.0 Å². The topological polar surface area (TPSA) is 50.2 Å². The molecule has 5 heteroatoms. The molecule has 0 aliphatic heterocycles. The molecule has 0 fully saturated rings. The fraction of sp³-hybridized carbons (Fsp3) is 1.00. The van der Waals surface area contributed by atoms with Gasteiger partial charge in [0.2, 0.25) is 0 Å². The standard InChI is InChI=1S/C12H29N3O2/c1-5-15(7-9-17)11-12(13(2)3)10-14(4)6-8-16/h12,16-17H,5-11H2,1-4H3. The first-order valence-electron chi connectivity index (χ1n) is 6.34. The minimum atomic E-state index is 0.199. The third kappa shape index (κ3) is 7.68. The Bertz CT molecular complexity index is 179. The molecule has 0 spiro atoms. The zero-order valence-electron chi connectivity index (χ0n) is 11.8. The van der Waals surface area contributed by atoms with E-state index in [0.717, 1.165) is 26.2 Å². The van der Waals surface area contributed by atoms with E-state index in [1.54, 1.807) is 0 Å². The van der Waals surface area contributed by atoms with Gasteiger partial charge in [-0.1, -0.05) is 6.92 Å². The molecule has 0 saturated heterocycles. The molecule has 0 saturated carbocycles. The second-order valence-electron chi connectivity index (χ2n) is 4.72. The van der Waals surface area contributed by atoms with Gasteiger partial charge in [-0.3, -0.25) is 4.90 Å². The summed E-state index contributed by atoms with van der Waals surface area (Å²) in [5.74, 6) is 0. The zero-order valence-corrected chi connectivity index (χ0v) is 11.8. The molecule has 0 aliphatic carbocycles. The normalized spacial score (nSPS) is 13.9. The summed E-state index contributed by atoms with van der Waals surface area (Å²) in [7, 11) is 6.17. The molecule has 0 aromatic heterocycles. The molecular weight excluding hydrogens is 218 g/mol. The van der Waals surface area contributed by atoms with Crippen molar-refractivity contribution in [2.75, 3.05) is 67.1 Å². The van der Waals surface area contributed by atoms with E-state index in [0.29, 0.717) is 12.6 Å². The van der Waals surface area contributed by atoms with Crippen LogP contribution < -0.4 is 0 Å². The van der Waals surface area contributed by atoms with Gasteiger partial charge in [0.1, 0.15) is 0 Å². The third-order valence-corrected chi connectivity index (χ3v) is 3.07. The highest BCUT2D eigenvalue weighted by molar-refractivity contribution is 4.74. The first-order valence-corrected chi connectivity index (χ1v) is 6.34. The Balaban J connectivity index is 4.21. The molecule has 5 nitrogen and oxygen atoms in total. The van der Waals surface area contributed by atoms with Crippen LogP contribution in [0.4, 0.5) is 0 Å². The molecule has 0 rings (SSSR count). The Morgan fingerprint density at radius 2 is 1.53 bits per heavy atom. The van der Waals surface area contributed by atoms with Crippen LogP contribution in [0.2, 0.25) is 0 Å². The van der Waals surface area contributed by atoms with E-state index in [-0.39, 0.29) is 13.2 Å². The van der Waals surface area contributed by atoms with E-state index in [2.05, 4.69) is 35.7 Å². The summed E-state index contributed by atoms with van der Waals surface area (Å²) >= 11 is 0. The molecule has 104 valence electrons. The summed E-state index contributed by atoms with van der Waals surface area (Å²) in [6.45, 7) is 6.77. The van der Waals surface area contributed by atoms with Gasteiger partial charge in [-0.05, 0) is 27.7 Å². The van der Waals surface area contributed by atoms with Crippen molar-refractivity contribution < 1.29 is 10.2 Å². The van der Waals surface area contributed by atoms with Crippen LogP contribution in [-0.4, -0.2) is 98.0 Å². The molecule has 0 aliphatic rings. The average Bonchev–Trinajstić information content (AvgIpc) is 2.27. The maximum absolute atomic E-state index is 8.99. The Labute approximate surface area is 106 Å². The molecule has 0 bridgehead atoms. The van der Waals surface area contributed by atoms with E-state index in [4.69, 9.17) is 10.2 Å². The van der Waals surface area contributed by atoms with Gasteiger partial charge in [0.25, 0.3) is 0 Å². The number of aliphatic hydroxyl groups is 2. The quantitative estimate of drug-likeness (QED) is 0.527. The second kappa shape index (κ2) is 9.79. The monoisotopic (exact) mass is 247 g/mol. The lowest BCUT2D eigenvalue weighted by Gasteiger charge is -2.33. The summed E-state index contributed by atoms with van der Waals surface area (Å²) in [4.78, 5) is 6.59. The summed E-state index contributed by atoms with van der Waals surface area (Å²) in [5.41, 5.74) is 0. The van der Waals surface area contributed by atoms with Crippen molar-refractivity contribution in [3.8, 4) is 0 Å². The van der Waals surface area contributed by atoms with E-state index in [9.17, 15) is 0 Å². The number of hydrogen-bond acceptors (Lipinski definition) is 5. The van der Waals surface area contributed by atoms with Crippen molar-refractivity contribution in [2.24, 2.45) is 0 Å². The molecule has 0 radical (unpaired) electrons. The molecule has 1 unspecified atom stereocenters. The van der Waals surface area contributed by atoms with Crippen molar-refractivity contribution in [1.82, 2.24) is 14.7 Å². The van der Waals surface area contributed by atoms with E-state index >= 15 is 0 Å². The van der Waals surface area contributed by atoms with E-state index < -0.39 is 0 Å². The Hall–Kier alpha value is -0.200. The molecule has 17 heavy (non-hydrogen) atoms. The number of nitrogens with zero attached hydrogens (tertiary/aromatic N) is 3. The van der Waals surface area contributed by atoms with Gasteiger partial charge in [-0.25, -0.2) is 0 Å². The first-order chi connectivity index (χ1) is 8.04. The molecule has 0 aromatic rings. The van der Waals surface area contributed by atoms with E-state index in [1.807, 2.05) is 7.05 Å². The van der Waals surface area contributed by atoms with Gasteiger partial charge in [0.05, 0.1) is 13.2 Å². The maximum Gasteiger partial charge on any atom is 0.0558 e. The van der Waals surface area contributed by atoms with Crippen molar-refractivity contribution in [2.45, 2.75) is 13.0 Å². The van der Waals surface area contributed by atoms with Crippen LogP contribution in [0.3, 0.4) is 0 Å². The first kappa shape index (κ1) is 16.8. The minimum Gasteiger partial charge on any atom is -0.395 e. The maximum atomic E-state index is 8.99. The molecule has 1 atom stereocenters. The smallest absolute Gasteiger partial charge is 0.0558 e. The third-order valence-electron chi connectivity index (χ3n) is 3.07. The highest BCUT2D eigenvalue weighted by Gasteiger charge is 2.16. The van der Waals surface area contributed by atoms with Gasteiger partial charge in [0, 0.05) is 32.2 Å². The summed E-state index contributed by atoms with van der Waals surface area (Å²) in [6, 6.07) is 0.415. The fourth-order valence-corrected chi connectivity index (χ4v) is 1.82. The number of aliphatic hydroxyl groups excluding tert-OH is 2. The summed E-state index contributed by atoms with van der Waals surface area (Å²) in [6.07, 6.45) is 0. The molecule has 0 amide bonds. The van der Waals surface area contributed by atoms with Crippen LogP contribution >= 0.6 is 0 Å². The second-order valence-corrected chi connectivity index (χ2v) is 4.72. The van der Waals surface area contributed by atoms with Crippen molar-refractivity contribution in [1.29, 1.82) is 0 Å². The fourth-order valence-electron chi connectivity index (χ4n) is 1.82. The number of likely N-dealkylation sites (N-methyl/N-ethyl adjacent to an activating group) is 3. The van der Waals surface area contributed by atoms with Crippen LogP contribution in [-0.2, 0) is 0 Å². The molecule has 2 N–H and O–H groups in total. The van der Waals surface area contributed by atoms with Crippen molar-refractivity contribution >= 4 is 0 Å². The lowest BCUT2D eigenvalue weighted by Crippen LogP contribution is -2.47.